The number of ether oxygens (including phenoxy) is 1. The molecule has 1 aromatic heterocycles. The lowest BCUT2D eigenvalue weighted by molar-refractivity contribution is 0.0368. The Kier molecular flexibility index (Phi) is 4.28. The van der Waals surface area contributed by atoms with E-state index in [4.69, 9.17) is 4.74 Å². The normalized spacial score (nSPS) is 18.9. The van der Waals surface area contributed by atoms with Gasteiger partial charge in [-0.3, -0.25) is 4.90 Å². The van der Waals surface area contributed by atoms with E-state index in [0.717, 1.165) is 32.8 Å². The Labute approximate surface area is 101 Å². The molecule has 0 amide bonds. The van der Waals surface area contributed by atoms with Gasteiger partial charge in [0.25, 0.3) is 0 Å². The van der Waals surface area contributed by atoms with Crippen LogP contribution in [0, 0.1) is 5.82 Å². The van der Waals surface area contributed by atoms with E-state index < -0.39 is 0 Å². The van der Waals surface area contributed by atoms with E-state index in [1.54, 1.807) is 12.3 Å². The second-order valence-electron chi connectivity index (χ2n) is 4.29. The molecule has 0 aromatic carbocycles. The number of halogens is 1. The minimum atomic E-state index is -0.304. The number of anilines is 1. The van der Waals surface area contributed by atoms with Gasteiger partial charge in [-0.05, 0) is 19.1 Å². The molecule has 0 radical (unpaired) electrons. The summed E-state index contributed by atoms with van der Waals surface area (Å²) in [6, 6.07) is 3.17. The summed E-state index contributed by atoms with van der Waals surface area (Å²) in [4.78, 5) is 6.29. The quantitative estimate of drug-likeness (QED) is 0.860. The number of hydrogen-bond acceptors (Lipinski definition) is 4. The van der Waals surface area contributed by atoms with E-state index in [9.17, 15) is 4.39 Å². The Balaban J connectivity index is 1.84. The van der Waals surface area contributed by atoms with Crippen LogP contribution in [0.4, 0.5) is 10.2 Å². The van der Waals surface area contributed by atoms with Gasteiger partial charge in [-0.25, -0.2) is 9.37 Å². The van der Waals surface area contributed by atoms with Crippen LogP contribution in [0.5, 0.6) is 0 Å². The van der Waals surface area contributed by atoms with Gasteiger partial charge in [0.15, 0.2) is 11.6 Å². The van der Waals surface area contributed by atoms with Crippen LogP contribution in [0.15, 0.2) is 18.3 Å². The molecule has 0 saturated carbocycles. The molecule has 1 aliphatic heterocycles. The molecular weight excluding hydrogens is 221 g/mol. The molecule has 1 atom stereocenters. The summed E-state index contributed by atoms with van der Waals surface area (Å²) < 4.78 is 18.7. The number of nitrogens with one attached hydrogen (secondary N) is 1. The van der Waals surface area contributed by atoms with E-state index in [2.05, 4.69) is 15.2 Å². The first kappa shape index (κ1) is 12.3. The summed E-state index contributed by atoms with van der Waals surface area (Å²) in [5.41, 5.74) is 0. The molecule has 1 aliphatic rings. The van der Waals surface area contributed by atoms with Crippen LogP contribution in [0.3, 0.4) is 0 Å². The van der Waals surface area contributed by atoms with Gasteiger partial charge in [-0.15, -0.1) is 0 Å². The van der Waals surface area contributed by atoms with Crippen molar-refractivity contribution >= 4 is 5.82 Å². The largest absolute Gasteiger partial charge is 0.379 e. The maximum atomic E-state index is 13.4. The van der Waals surface area contributed by atoms with Gasteiger partial charge in [-0.1, -0.05) is 0 Å². The number of rotatable bonds is 4. The Bertz CT molecular complexity index is 355. The van der Waals surface area contributed by atoms with Gasteiger partial charge in [0.2, 0.25) is 0 Å². The molecule has 1 fully saturated rings. The third kappa shape index (κ3) is 3.64. The lowest BCUT2D eigenvalue weighted by Gasteiger charge is -2.29. The Morgan fingerprint density at radius 3 is 3.00 bits per heavy atom. The standard InChI is InChI=1S/C12H18FN3O/c1-10(9-16-5-7-17-8-6-16)15-12-11(13)3-2-4-14-12/h2-4,10H,5-9H2,1H3,(H,14,15). The topological polar surface area (TPSA) is 37.4 Å². The zero-order chi connectivity index (χ0) is 12.1. The highest BCUT2D eigenvalue weighted by atomic mass is 19.1. The number of pyridine rings is 1. The van der Waals surface area contributed by atoms with E-state index in [1.807, 2.05) is 6.92 Å². The lowest BCUT2D eigenvalue weighted by atomic mass is 10.3. The van der Waals surface area contributed by atoms with Crippen LogP contribution in [0.25, 0.3) is 0 Å². The number of hydrogen-bond donors (Lipinski definition) is 1. The molecule has 0 bridgehead atoms. The van der Waals surface area contributed by atoms with Crippen LogP contribution in [-0.4, -0.2) is 48.8 Å². The van der Waals surface area contributed by atoms with Gasteiger partial charge in [0.1, 0.15) is 0 Å². The molecule has 0 spiro atoms. The van der Waals surface area contributed by atoms with Crippen molar-refractivity contribution in [3.63, 3.8) is 0 Å². The first-order valence-electron chi connectivity index (χ1n) is 5.93. The molecule has 4 nitrogen and oxygen atoms in total. The van der Waals surface area contributed by atoms with Crippen LogP contribution >= 0.6 is 0 Å². The fourth-order valence-electron chi connectivity index (χ4n) is 1.94. The van der Waals surface area contributed by atoms with E-state index in [-0.39, 0.29) is 11.9 Å². The van der Waals surface area contributed by atoms with Crippen molar-refractivity contribution in [1.82, 2.24) is 9.88 Å². The molecule has 1 N–H and O–H groups in total. The van der Waals surface area contributed by atoms with Gasteiger partial charge in [-0.2, -0.15) is 0 Å². The number of morpholine rings is 1. The highest BCUT2D eigenvalue weighted by molar-refractivity contribution is 5.36. The molecule has 1 aromatic rings. The van der Waals surface area contributed by atoms with Gasteiger partial charge >= 0.3 is 0 Å². The van der Waals surface area contributed by atoms with E-state index in [0.29, 0.717) is 5.82 Å². The second-order valence-corrected chi connectivity index (χ2v) is 4.29. The maximum Gasteiger partial charge on any atom is 0.165 e. The molecule has 0 aliphatic carbocycles. The Morgan fingerprint density at radius 1 is 1.53 bits per heavy atom. The average Bonchev–Trinajstić information content (AvgIpc) is 2.33. The van der Waals surface area contributed by atoms with Crippen molar-refractivity contribution < 1.29 is 9.13 Å². The molecule has 2 rings (SSSR count). The SMILES string of the molecule is CC(CN1CCOCC1)Nc1ncccc1F. The average molecular weight is 239 g/mol. The molecule has 5 heteroatoms. The highest BCUT2D eigenvalue weighted by Crippen LogP contribution is 2.10. The van der Waals surface area contributed by atoms with Crippen molar-refractivity contribution in [3.05, 3.63) is 24.1 Å². The maximum absolute atomic E-state index is 13.4. The van der Waals surface area contributed by atoms with Crippen LogP contribution in [0.1, 0.15) is 6.92 Å². The number of aromatic nitrogens is 1. The zero-order valence-corrected chi connectivity index (χ0v) is 10.0. The predicted molar refractivity (Wildman–Crippen MR) is 64.5 cm³/mol. The van der Waals surface area contributed by atoms with Crippen molar-refractivity contribution in [3.8, 4) is 0 Å². The van der Waals surface area contributed by atoms with Gasteiger partial charge in [0.05, 0.1) is 13.2 Å². The van der Waals surface area contributed by atoms with E-state index in [1.165, 1.54) is 6.07 Å². The van der Waals surface area contributed by atoms with Crippen molar-refractivity contribution in [2.24, 2.45) is 0 Å². The summed E-state index contributed by atoms with van der Waals surface area (Å²) >= 11 is 0. The highest BCUT2D eigenvalue weighted by Gasteiger charge is 2.14. The molecule has 2 heterocycles. The monoisotopic (exact) mass is 239 g/mol. The molecule has 94 valence electrons. The molecule has 17 heavy (non-hydrogen) atoms. The summed E-state index contributed by atoms with van der Waals surface area (Å²) in [6.45, 7) is 6.35. The Hall–Kier alpha value is -1.20. The molecule has 1 unspecified atom stereocenters. The predicted octanol–water partition coefficient (Wildman–Crippen LogP) is 1.35. The van der Waals surface area contributed by atoms with Crippen molar-refractivity contribution in [2.75, 3.05) is 38.2 Å². The van der Waals surface area contributed by atoms with Crippen molar-refractivity contribution in [1.29, 1.82) is 0 Å². The minimum Gasteiger partial charge on any atom is -0.379 e. The van der Waals surface area contributed by atoms with Crippen LogP contribution in [-0.2, 0) is 4.74 Å². The smallest absolute Gasteiger partial charge is 0.165 e. The minimum absolute atomic E-state index is 0.164. The second kappa shape index (κ2) is 5.93. The first-order chi connectivity index (χ1) is 8.25. The van der Waals surface area contributed by atoms with Gasteiger partial charge in [0, 0.05) is 31.9 Å². The van der Waals surface area contributed by atoms with Crippen LogP contribution < -0.4 is 5.32 Å². The lowest BCUT2D eigenvalue weighted by Crippen LogP contribution is -2.42. The summed E-state index contributed by atoms with van der Waals surface area (Å²) in [5, 5.41) is 3.09. The van der Waals surface area contributed by atoms with Crippen molar-refractivity contribution in [2.45, 2.75) is 13.0 Å². The summed E-state index contributed by atoms with van der Waals surface area (Å²) in [6.07, 6.45) is 1.59. The van der Waals surface area contributed by atoms with E-state index >= 15 is 0 Å². The fourth-order valence-corrected chi connectivity index (χ4v) is 1.94. The first-order valence-corrected chi connectivity index (χ1v) is 5.93. The molecule has 1 saturated heterocycles. The fraction of sp³-hybridized carbons (Fsp3) is 0.583. The Morgan fingerprint density at radius 2 is 2.29 bits per heavy atom. The summed E-state index contributed by atoms with van der Waals surface area (Å²) in [7, 11) is 0. The molecular formula is C12H18FN3O. The summed E-state index contributed by atoms with van der Waals surface area (Å²) in [5.74, 6) is 0.0228. The number of nitrogens with zero attached hydrogens (tertiary/aromatic N) is 2. The van der Waals surface area contributed by atoms with Gasteiger partial charge < -0.3 is 10.1 Å². The van der Waals surface area contributed by atoms with Crippen LogP contribution in [0.2, 0.25) is 0 Å². The zero-order valence-electron chi connectivity index (χ0n) is 10.0. The third-order valence-corrected chi connectivity index (χ3v) is 2.78. The third-order valence-electron chi connectivity index (χ3n) is 2.78.